The minimum Gasteiger partial charge on any atom is -0.340 e. The molecule has 5 aromatic rings. The van der Waals surface area contributed by atoms with Crippen molar-refractivity contribution >= 4 is 29.4 Å². The number of fused-ring (bicyclic) bond motifs is 1. The second-order valence-corrected chi connectivity index (χ2v) is 6.96. The Labute approximate surface area is 178 Å². The Kier molecular flexibility index (Phi) is 4.86. The molecule has 0 aliphatic heterocycles. The summed E-state index contributed by atoms with van der Waals surface area (Å²) in [6.07, 6.45) is 3.76. The van der Waals surface area contributed by atoms with Gasteiger partial charge in [0.15, 0.2) is 5.82 Å². The van der Waals surface area contributed by atoms with E-state index in [0.29, 0.717) is 17.4 Å². The van der Waals surface area contributed by atoms with E-state index in [1.165, 1.54) is 10.5 Å². The first-order chi connectivity index (χ1) is 15.3. The summed E-state index contributed by atoms with van der Waals surface area (Å²) in [6, 6.07) is 30.7. The van der Waals surface area contributed by atoms with Crippen LogP contribution in [0.2, 0.25) is 0 Å². The summed E-state index contributed by atoms with van der Waals surface area (Å²) in [5.41, 5.74) is 2.49. The van der Waals surface area contributed by atoms with Crippen molar-refractivity contribution in [2.24, 2.45) is 0 Å². The van der Waals surface area contributed by atoms with Crippen LogP contribution in [0.15, 0.2) is 102 Å². The van der Waals surface area contributed by atoms with Crippen LogP contribution in [0.3, 0.4) is 0 Å². The molecule has 31 heavy (non-hydrogen) atoms. The average molecular weight is 405 g/mol. The van der Waals surface area contributed by atoms with Crippen molar-refractivity contribution in [2.75, 3.05) is 5.32 Å². The first kappa shape index (κ1) is 18.6. The Hall–Kier alpha value is -4.45. The molecule has 2 heterocycles. The zero-order valence-corrected chi connectivity index (χ0v) is 16.6. The van der Waals surface area contributed by atoms with Gasteiger partial charge >= 0.3 is 0 Å². The largest absolute Gasteiger partial charge is 0.340 e. The van der Waals surface area contributed by atoms with Crippen molar-refractivity contribution < 1.29 is 0 Å². The third kappa shape index (κ3) is 3.86. The van der Waals surface area contributed by atoms with E-state index in [0.717, 1.165) is 16.9 Å². The van der Waals surface area contributed by atoms with Crippen molar-refractivity contribution in [2.45, 2.75) is 0 Å². The third-order valence-corrected chi connectivity index (χ3v) is 4.79. The van der Waals surface area contributed by atoms with E-state index in [2.05, 4.69) is 10.4 Å². The van der Waals surface area contributed by atoms with E-state index in [9.17, 15) is 4.79 Å². The SMILES string of the molecule is O=c1cc(Nc2ccccc2)nc2n(-c3ccccc3)nc(/C=C/c3ccccc3)n12. The van der Waals surface area contributed by atoms with Crippen LogP contribution in [-0.2, 0) is 0 Å². The first-order valence-electron chi connectivity index (χ1n) is 9.91. The van der Waals surface area contributed by atoms with Gasteiger partial charge in [0, 0.05) is 11.8 Å². The molecule has 0 saturated heterocycles. The summed E-state index contributed by atoms with van der Waals surface area (Å²) < 4.78 is 3.20. The van der Waals surface area contributed by atoms with E-state index in [4.69, 9.17) is 4.98 Å². The van der Waals surface area contributed by atoms with Crippen LogP contribution in [-0.4, -0.2) is 19.2 Å². The molecule has 150 valence electrons. The second kappa shape index (κ2) is 8.12. The number of benzene rings is 3. The van der Waals surface area contributed by atoms with E-state index in [1.807, 2.05) is 103 Å². The Morgan fingerprint density at radius 2 is 1.42 bits per heavy atom. The van der Waals surface area contributed by atoms with Gasteiger partial charge in [-0.05, 0) is 35.9 Å². The Morgan fingerprint density at radius 1 is 0.774 bits per heavy atom. The molecule has 0 aliphatic rings. The van der Waals surface area contributed by atoms with Gasteiger partial charge in [0.2, 0.25) is 5.78 Å². The molecular formula is C25H19N5O. The number of hydrogen-bond donors (Lipinski definition) is 1. The van der Waals surface area contributed by atoms with Gasteiger partial charge in [-0.1, -0.05) is 72.8 Å². The quantitative estimate of drug-likeness (QED) is 0.456. The molecule has 5 rings (SSSR count). The van der Waals surface area contributed by atoms with Crippen LogP contribution in [0.5, 0.6) is 0 Å². The van der Waals surface area contributed by atoms with Crippen LogP contribution < -0.4 is 10.9 Å². The molecule has 6 heteroatoms. The summed E-state index contributed by atoms with van der Waals surface area (Å²) in [4.78, 5) is 17.8. The molecule has 3 aromatic carbocycles. The fourth-order valence-corrected chi connectivity index (χ4v) is 3.34. The molecule has 0 amide bonds. The second-order valence-electron chi connectivity index (χ2n) is 6.96. The van der Waals surface area contributed by atoms with Crippen molar-refractivity contribution in [3.63, 3.8) is 0 Å². The lowest BCUT2D eigenvalue weighted by atomic mass is 10.2. The molecule has 0 radical (unpaired) electrons. The molecule has 0 fully saturated rings. The maximum atomic E-state index is 13.1. The molecular weight excluding hydrogens is 386 g/mol. The predicted molar refractivity (Wildman–Crippen MR) is 124 cm³/mol. The predicted octanol–water partition coefficient (Wildman–Crippen LogP) is 4.79. The van der Waals surface area contributed by atoms with Gasteiger partial charge in [-0.2, -0.15) is 9.67 Å². The van der Waals surface area contributed by atoms with Crippen molar-refractivity contribution in [1.29, 1.82) is 0 Å². The van der Waals surface area contributed by atoms with Gasteiger partial charge in [0.25, 0.3) is 5.56 Å². The summed E-state index contributed by atoms with van der Waals surface area (Å²) in [6.45, 7) is 0. The molecule has 2 aromatic heterocycles. The summed E-state index contributed by atoms with van der Waals surface area (Å²) >= 11 is 0. The average Bonchev–Trinajstić information content (AvgIpc) is 3.19. The molecule has 0 spiro atoms. The van der Waals surface area contributed by atoms with Crippen LogP contribution in [0.4, 0.5) is 11.5 Å². The lowest BCUT2D eigenvalue weighted by molar-refractivity contribution is 0.892. The van der Waals surface area contributed by atoms with Crippen molar-refractivity contribution in [3.05, 3.63) is 119 Å². The molecule has 0 saturated carbocycles. The normalized spacial score (nSPS) is 11.2. The maximum Gasteiger partial charge on any atom is 0.262 e. The van der Waals surface area contributed by atoms with E-state index < -0.39 is 0 Å². The minimum absolute atomic E-state index is 0.210. The Balaban J connectivity index is 1.66. The van der Waals surface area contributed by atoms with Crippen LogP contribution in [0.25, 0.3) is 23.6 Å². The standard InChI is InChI=1S/C25H19N5O/c31-24-18-22(26-20-12-6-2-7-13-20)27-25-29(24)23(17-16-19-10-4-1-5-11-19)28-30(25)21-14-8-3-9-15-21/h1-18,26H/b17-16+. The monoisotopic (exact) mass is 405 g/mol. The van der Waals surface area contributed by atoms with E-state index in [1.54, 1.807) is 4.68 Å². The summed E-state index contributed by atoms with van der Waals surface area (Å²) in [5, 5.41) is 7.89. The van der Waals surface area contributed by atoms with Crippen LogP contribution in [0.1, 0.15) is 11.4 Å². The van der Waals surface area contributed by atoms with Gasteiger partial charge in [-0.25, -0.2) is 4.40 Å². The fraction of sp³-hybridized carbons (Fsp3) is 0. The number of hydrogen-bond acceptors (Lipinski definition) is 4. The van der Waals surface area contributed by atoms with Gasteiger partial charge in [-0.15, -0.1) is 5.10 Å². The first-order valence-corrected chi connectivity index (χ1v) is 9.91. The highest BCUT2D eigenvalue weighted by Gasteiger charge is 2.14. The molecule has 0 aliphatic carbocycles. The number of rotatable bonds is 5. The fourth-order valence-electron chi connectivity index (χ4n) is 3.34. The highest BCUT2D eigenvalue weighted by Crippen LogP contribution is 2.17. The molecule has 6 nitrogen and oxygen atoms in total. The van der Waals surface area contributed by atoms with Crippen molar-refractivity contribution in [3.8, 4) is 5.69 Å². The zero-order chi connectivity index (χ0) is 21.0. The van der Waals surface area contributed by atoms with Gasteiger partial charge in [0.1, 0.15) is 5.82 Å². The summed E-state index contributed by atoms with van der Waals surface area (Å²) in [7, 11) is 0. The molecule has 0 unspecified atom stereocenters. The van der Waals surface area contributed by atoms with E-state index >= 15 is 0 Å². The molecule has 0 bridgehead atoms. The smallest absolute Gasteiger partial charge is 0.262 e. The third-order valence-electron chi connectivity index (χ3n) is 4.79. The number of nitrogens with zero attached hydrogens (tertiary/aromatic N) is 4. The molecule has 1 N–H and O–H groups in total. The lowest BCUT2D eigenvalue weighted by Gasteiger charge is -2.06. The van der Waals surface area contributed by atoms with Crippen molar-refractivity contribution in [1.82, 2.24) is 19.2 Å². The topological polar surface area (TPSA) is 64.2 Å². The van der Waals surface area contributed by atoms with Crippen LogP contribution >= 0.6 is 0 Å². The number of nitrogens with one attached hydrogen (secondary N) is 1. The van der Waals surface area contributed by atoms with E-state index in [-0.39, 0.29) is 5.56 Å². The number of anilines is 2. The zero-order valence-electron chi connectivity index (χ0n) is 16.6. The van der Waals surface area contributed by atoms with Crippen LogP contribution in [0, 0.1) is 0 Å². The number of para-hydroxylation sites is 2. The highest BCUT2D eigenvalue weighted by molar-refractivity contribution is 5.68. The van der Waals surface area contributed by atoms with Gasteiger partial charge in [-0.3, -0.25) is 4.79 Å². The molecule has 0 atom stereocenters. The van der Waals surface area contributed by atoms with Gasteiger partial charge < -0.3 is 5.32 Å². The Morgan fingerprint density at radius 3 is 2.13 bits per heavy atom. The summed E-state index contributed by atoms with van der Waals surface area (Å²) in [5.74, 6) is 1.41. The maximum absolute atomic E-state index is 13.1. The lowest BCUT2D eigenvalue weighted by Crippen LogP contribution is -2.16. The number of aromatic nitrogens is 4. The van der Waals surface area contributed by atoms with Gasteiger partial charge in [0.05, 0.1) is 5.69 Å². The Bertz CT molecular complexity index is 1400. The highest BCUT2D eigenvalue weighted by atomic mass is 16.1. The minimum atomic E-state index is -0.210.